The summed E-state index contributed by atoms with van der Waals surface area (Å²) in [6, 6.07) is 9.55. The molecule has 0 saturated carbocycles. The highest BCUT2D eigenvalue weighted by Crippen LogP contribution is 2.41. The first kappa shape index (κ1) is 15.9. The van der Waals surface area contributed by atoms with Crippen molar-refractivity contribution in [3.63, 3.8) is 0 Å². The number of esters is 1. The second-order valence-electron chi connectivity index (χ2n) is 5.37. The fraction of sp³-hybridized carbons (Fsp3) is 0.167. The molecule has 6 nitrogen and oxygen atoms in total. The molecule has 0 unspecified atom stereocenters. The zero-order valence-electron chi connectivity index (χ0n) is 12.8. The molecule has 24 heavy (non-hydrogen) atoms. The second kappa shape index (κ2) is 5.58. The van der Waals surface area contributed by atoms with Crippen LogP contribution in [0.15, 0.2) is 42.5 Å². The van der Waals surface area contributed by atoms with Crippen LogP contribution in [0, 0.1) is 0 Å². The van der Waals surface area contributed by atoms with Crippen molar-refractivity contribution in [2.45, 2.75) is 12.5 Å². The lowest BCUT2D eigenvalue weighted by Crippen LogP contribution is -2.38. The van der Waals surface area contributed by atoms with Crippen LogP contribution in [-0.2, 0) is 10.3 Å². The zero-order valence-corrected chi connectivity index (χ0v) is 12.8. The predicted molar refractivity (Wildman–Crippen MR) is 83.1 cm³/mol. The van der Waals surface area contributed by atoms with Crippen LogP contribution in [0.5, 0.6) is 5.75 Å². The van der Waals surface area contributed by atoms with Crippen molar-refractivity contribution in [1.29, 1.82) is 0 Å². The first-order valence-electron chi connectivity index (χ1n) is 7.32. The fourth-order valence-electron chi connectivity index (χ4n) is 2.78. The summed E-state index contributed by atoms with van der Waals surface area (Å²) in [7, 11) is 0. The van der Waals surface area contributed by atoms with E-state index in [0.29, 0.717) is 0 Å². The van der Waals surface area contributed by atoms with Crippen LogP contribution in [0.4, 0.5) is 0 Å². The largest absolute Gasteiger partial charge is 0.508 e. The molecule has 122 valence electrons. The maximum atomic E-state index is 12.6. The van der Waals surface area contributed by atoms with Gasteiger partial charge in [-0.25, -0.2) is 4.79 Å². The van der Waals surface area contributed by atoms with E-state index in [2.05, 4.69) is 0 Å². The predicted octanol–water partition coefficient (Wildman–Crippen LogP) is 1.84. The highest BCUT2D eigenvalue weighted by molar-refractivity contribution is 6.32. The highest BCUT2D eigenvalue weighted by Gasteiger charge is 2.54. The molecule has 0 bridgehead atoms. The van der Waals surface area contributed by atoms with Gasteiger partial charge in [0.1, 0.15) is 5.75 Å². The normalized spacial score (nSPS) is 15.2. The van der Waals surface area contributed by atoms with Crippen molar-refractivity contribution in [2.24, 2.45) is 0 Å². The molecule has 0 heterocycles. The molecule has 2 aromatic rings. The number of phenols is 1. The summed E-state index contributed by atoms with van der Waals surface area (Å²) < 4.78 is 4.86. The number of carbonyl (C=O) groups is 3. The van der Waals surface area contributed by atoms with Crippen LogP contribution in [0.3, 0.4) is 0 Å². The topological polar surface area (TPSA) is 101 Å². The molecule has 0 radical (unpaired) electrons. The molecular weight excluding hydrogens is 312 g/mol. The number of fused-ring (bicyclic) bond motifs is 1. The van der Waals surface area contributed by atoms with Gasteiger partial charge in [-0.15, -0.1) is 0 Å². The van der Waals surface area contributed by atoms with Crippen LogP contribution >= 0.6 is 0 Å². The Morgan fingerprint density at radius 1 is 1.08 bits per heavy atom. The van der Waals surface area contributed by atoms with Crippen LogP contribution in [-0.4, -0.2) is 34.4 Å². The summed E-state index contributed by atoms with van der Waals surface area (Å²) in [5, 5.41) is 20.9. The van der Waals surface area contributed by atoms with Crippen molar-refractivity contribution in [2.75, 3.05) is 6.61 Å². The van der Waals surface area contributed by atoms with E-state index in [4.69, 9.17) is 4.74 Å². The molecule has 0 atom stereocenters. The summed E-state index contributed by atoms with van der Waals surface area (Å²) in [6.45, 7) is 1.77. The summed E-state index contributed by atoms with van der Waals surface area (Å²) in [5.41, 5.74) is -2.72. The minimum absolute atomic E-state index is 0.0228. The van der Waals surface area contributed by atoms with Crippen LogP contribution < -0.4 is 0 Å². The Hall–Kier alpha value is -2.99. The summed E-state index contributed by atoms with van der Waals surface area (Å²) >= 11 is 0. The first-order valence-corrected chi connectivity index (χ1v) is 7.32. The number of ether oxygens (including phenoxy) is 1. The number of hydrogen-bond acceptors (Lipinski definition) is 6. The number of ketones is 2. The average molecular weight is 326 g/mol. The molecule has 0 saturated heterocycles. The molecule has 3 rings (SSSR count). The zero-order chi connectivity index (χ0) is 17.5. The van der Waals surface area contributed by atoms with Crippen molar-refractivity contribution in [1.82, 2.24) is 0 Å². The smallest absolute Gasteiger partial charge is 0.338 e. The number of benzene rings is 2. The standard InChI is InChI=1S/C18H14O6/c1-2-24-17(22)10-7-8-14(19)13(9-10)18(23)15(20)11-5-3-4-6-12(11)16(18)21/h3-9,19,23H,2H2,1H3. The van der Waals surface area contributed by atoms with Gasteiger partial charge in [-0.3, -0.25) is 9.59 Å². The number of carbonyl (C=O) groups excluding carboxylic acids is 3. The van der Waals surface area contributed by atoms with Gasteiger partial charge in [-0.05, 0) is 25.1 Å². The number of aromatic hydroxyl groups is 1. The van der Waals surface area contributed by atoms with Gasteiger partial charge in [0.05, 0.1) is 12.2 Å². The third-order valence-electron chi connectivity index (χ3n) is 3.97. The molecule has 2 aromatic carbocycles. The molecule has 0 amide bonds. The molecule has 1 aliphatic carbocycles. The third kappa shape index (κ3) is 2.11. The minimum atomic E-state index is -2.56. The van der Waals surface area contributed by atoms with E-state index < -0.39 is 28.9 Å². The van der Waals surface area contributed by atoms with Gasteiger partial charge in [0, 0.05) is 16.7 Å². The van der Waals surface area contributed by atoms with E-state index in [1.54, 1.807) is 19.1 Å². The minimum Gasteiger partial charge on any atom is -0.508 e. The Kier molecular flexibility index (Phi) is 3.69. The van der Waals surface area contributed by atoms with E-state index in [9.17, 15) is 24.6 Å². The van der Waals surface area contributed by atoms with Gasteiger partial charge < -0.3 is 14.9 Å². The third-order valence-corrected chi connectivity index (χ3v) is 3.97. The second-order valence-corrected chi connectivity index (χ2v) is 5.37. The van der Waals surface area contributed by atoms with Gasteiger partial charge in [-0.1, -0.05) is 24.3 Å². The number of hydrogen-bond donors (Lipinski definition) is 2. The van der Waals surface area contributed by atoms with E-state index in [1.807, 2.05) is 0 Å². The van der Waals surface area contributed by atoms with E-state index in [-0.39, 0.29) is 28.9 Å². The summed E-state index contributed by atoms with van der Waals surface area (Å²) in [6.07, 6.45) is 0. The lowest BCUT2D eigenvalue weighted by atomic mass is 9.87. The number of Topliss-reactive ketones (excluding diaryl/α,β-unsaturated/α-hetero) is 2. The maximum Gasteiger partial charge on any atom is 0.338 e. The van der Waals surface area contributed by atoms with Gasteiger partial charge in [0.15, 0.2) is 0 Å². The molecule has 0 aromatic heterocycles. The van der Waals surface area contributed by atoms with Crippen molar-refractivity contribution in [3.8, 4) is 5.75 Å². The van der Waals surface area contributed by atoms with Gasteiger partial charge in [0.2, 0.25) is 17.2 Å². The molecule has 1 aliphatic rings. The first-order chi connectivity index (χ1) is 11.4. The molecule has 0 spiro atoms. The molecule has 0 fully saturated rings. The quantitative estimate of drug-likeness (QED) is 0.659. The van der Waals surface area contributed by atoms with Crippen LogP contribution in [0.2, 0.25) is 0 Å². The number of rotatable bonds is 3. The van der Waals surface area contributed by atoms with Gasteiger partial charge in [-0.2, -0.15) is 0 Å². The SMILES string of the molecule is CCOC(=O)c1ccc(O)c(C2(O)C(=O)c3ccccc3C2=O)c1. The molecule has 0 aliphatic heterocycles. The highest BCUT2D eigenvalue weighted by atomic mass is 16.5. The number of phenolic OH excluding ortho intramolecular Hbond substituents is 1. The molecular formula is C18H14O6. The maximum absolute atomic E-state index is 12.6. The Morgan fingerprint density at radius 2 is 1.67 bits per heavy atom. The average Bonchev–Trinajstić information content (AvgIpc) is 2.78. The Labute approximate surface area is 137 Å². The fourth-order valence-corrected chi connectivity index (χ4v) is 2.78. The summed E-state index contributed by atoms with van der Waals surface area (Å²) in [5.74, 6) is -2.81. The van der Waals surface area contributed by atoms with Gasteiger partial charge in [0.25, 0.3) is 0 Å². The van der Waals surface area contributed by atoms with Gasteiger partial charge >= 0.3 is 5.97 Å². The lowest BCUT2D eigenvalue weighted by molar-refractivity contribution is 0.0310. The van der Waals surface area contributed by atoms with Crippen molar-refractivity contribution >= 4 is 17.5 Å². The van der Waals surface area contributed by atoms with Crippen molar-refractivity contribution < 1.29 is 29.3 Å². The van der Waals surface area contributed by atoms with E-state index in [0.717, 1.165) is 12.1 Å². The monoisotopic (exact) mass is 326 g/mol. The van der Waals surface area contributed by atoms with E-state index in [1.165, 1.54) is 18.2 Å². The Morgan fingerprint density at radius 3 is 2.21 bits per heavy atom. The Bertz CT molecular complexity index is 833. The summed E-state index contributed by atoms with van der Waals surface area (Å²) in [4.78, 5) is 37.0. The van der Waals surface area contributed by atoms with E-state index >= 15 is 0 Å². The number of aliphatic hydroxyl groups is 1. The molecule has 6 heteroatoms. The van der Waals surface area contributed by atoms with Crippen LogP contribution in [0.1, 0.15) is 43.6 Å². The van der Waals surface area contributed by atoms with Crippen molar-refractivity contribution in [3.05, 3.63) is 64.7 Å². The lowest BCUT2D eigenvalue weighted by Gasteiger charge is -2.21. The van der Waals surface area contributed by atoms with Crippen LogP contribution in [0.25, 0.3) is 0 Å². The Balaban J connectivity index is 2.15. The molecule has 2 N–H and O–H groups in total.